The minimum atomic E-state index is 0.0430. The number of methoxy groups -OCH3 is 1. The van der Waals surface area contributed by atoms with Gasteiger partial charge in [-0.2, -0.15) is 0 Å². The third-order valence-corrected chi connectivity index (χ3v) is 3.06. The summed E-state index contributed by atoms with van der Waals surface area (Å²) in [7, 11) is 1.63. The van der Waals surface area contributed by atoms with Gasteiger partial charge in [-0.3, -0.25) is 0 Å². The van der Waals surface area contributed by atoms with Crippen molar-refractivity contribution < 1.29 is 9.84 Å². The Morgan fingerprint density at radius 1 is 1.24 bits per heavy atom. The van der Waals surface area contributed by atoms with Crippen molar-refractivity contribution in [3.05, 3.63) is 34.9 Å². The maximum Gasteiger partial charge on any atom is 0.216 e. The molecule has 2 aromatic rings. The van der Waals surface area contributed by atoms with Gasteiger partial charge in [-0.1, -0.05) is 6.92 Å². The molecule has 0 spiro atoms. The average Bonchev–Trinajstić information content (AvgIpc) is 2.36. The largest absolute Gasteiger partial charge is 0.481 e. The van der Waals surface area contributed by atoms with Crippen LogP contribution < -0.4 is 4.74 Å². The minimum Gasteiger partial charge on any atom is -0.481 e. The van der Waals surface area contributed by atoms with Crippen LogP contribution >= 0.6 is 0 Å². The van der Waals surface area contributed by atoms with Crippen LogP contribution in [0.1, 0.15) is 23.6 Å². The summed E-state index contributed by atoms with van der Waals surface area (Å²) in [6.45, 7) is 4.13. The molecule has 3 heteroatoms. The number of ether oxygens (including phenoxy) is 1. The number of benzene rings is 1. The first-order valence-electron chi connectivity index (χ1n) is 5.77. The van der Waals surface area contributed by atoms with Gasteiger partial charge in [0.05, 0.1) is 19.2 Å². The van der Waals surface area contributed by atoms with Crippen molar-refractivity contribution in [2.75, 3.05) is 7.11 Å². The molecule has 0 fully saturated rings. The number of hydrogen-bond donors (Lipinski definition) is 1. The quantitative estimate of drug-likeness (QED) is 0.883. The van der Waals surface area contributed by atoms with E-state index in [-0.39, 0.29) is 6.61 Å². The van der Waals surface area contributed by atoms with Crippen molar-refractivity contribution in [2.24, 2.45) is 0 Å². The smallest absolute Gasteiger partial charge is 0.216 e. The normalized spacial score (nSPS) is 10.8. The number of hydrogen-bond acceptors (Lipinski definition) is 3. The summed E-state index contributed by atoms with van der Waals surface area (Å²) in [5.41, 5.74) is 3.98. The van der Waals surface area contributed by atoms with Crippen LogP contribution in [0.25, 0.3) is 10.9 Å². The molecule has 3 nitrogen and oxygen atoms in total. The zero-order valence-electron chi connectivity index (χ0n) is 10.4. The van der Waals surface area contributed by atoms with E-state index in [0.29, 0.717) is 5.88 Å². The summed E-state index contributed by atoms with van der Waals surface area (Å²) in [5.74, 6) is 0.674. The molecule has 1 N–H and O–H groups in total. The highest BCUT2D eigenvalue weighted by Crippen LogP contribution is 2.25. The molecule has 0 amide bonds. The topological polar surface area (TPSA) is 42.4 Å². The van der Waals surface area contributed by atoms with Gasteiger partial charge < -0.3 is 9.84 Å². The maximum absolute atomic E-state index is 9.25. The Hall–Kier alpha value is -1.61. The summed E-state index contributed by atoms with van der Waals surface area (Å²) in [5, 5.41) is 10.3. The number of pyridine rings is 1. The maximum atomic E-state index is 9.25. The van der Waals surface area contributed by atoms with Gasteiger partial charge >= 0.3 is 0 Å². The molecule has 0 aliphatic heterocycles. The molecule has 0 unspecified atom stereocenters. The fourth-order valence-corrected chi connectivity index (χ4v) is 2.01. The Bertz CT molecular complexity index is 549. The molecule has 2 rings (SSSR count). The van der Waals surface area contributed by atoms with Crippen LogP contribution in [0, 0.1) is 6.92 Å². The number of aliphatic hydroxyl groups is 1. The Labute approximate surface area is 101 Å². The molecule has 1 heterocycles. The lowest BCUT2D eigenvalue weighted by atomic mass is 10.0. The highest BCUT2D eigenvalue weighted by Gasteiger charge is 2.08. The average molecular weight is 231 g/mol. The molecule has 0 saturated carbocycles. The SMILES string of the molecule is CCc1cc2cc(C)c(CO)cc2nc1OC. The highest BCUT2D eigenvalue weighted by atomic mass is 16.5. The van der Waals surface area contributed by atoms with Crippen molar-refractivity contribution in [3.8, 4) is 5.88 Å². The van der Waals surface area contributed by atoms with E-state index < -0.39 is 0 Å². The molecule has 1 aromatic carbocycles. The third-order valence-electron chi connectivity index (χ3n) is 3.06. The van der Waals surface area contributed by atoms with Gasteiger partial charge in [0.1, 0.15) is 0 Å². The second-order valence-corrected chi connectivity index (χ2v) is 4.14. The highest BCUT2D eigenvalue weighted by molar-refractivity contribution is 5.82. The monoisotopic (exact) mass is 231 g/mol. The molecular weight excluding hydrogens is 214 g/mol. The van der Waals surface area contributed by atoms with Crippen molar-refractivity contribution in [3.63, 3.8) is 0 Å². The first kappa shape index (κ1) is 11.9. The number of aryl methyl sites for hydroxylation is 2. The number of nitrogens with zero attached hydrogens (tertiary/aromatic N) is 1. The lowest BCUT2D eigenvalue weighted by molar-refractivity contribution is 0.281. The molecular formula is C14H17NO2. The second kappa shape index (κ2) is 4.72. The van der Waals surface area contributed by atoms with Gasteiger partial charge in [-0.15, -0.1) is 0 Å². The van der Waals surface area contributed by atoms with E-state index in [4.69, 9.17) is 4.74 Å². The van der Waals surface area contributed by atoms with E-state index in [1.807, 2.05) is 13.0 Å². The predicted molar refractivity (Wildman–Crippen MR) is 68.3 cm³/mol. The molecule has 17 heavy (non-hydrogen) atoms. The van der Waals surface area contributed by atoms with Crippen LogP contribution in [0.5, 0.6) is 5.88 Å². The van der Waals surface area contributed by atoms with E-state index in [1.54, 1.807) is 7.11 Å². The number of rotatable bonds is 3. The van der Waals surface area contributed by atoms with Gasteiger partial charge in [0.15, 0.2) is 0 Å². The Morgan fingerprint density at radius 2 is 2.00 bits per heavy atom. The molecule has 0 radical (unpaired) electrons. The van der Waals surface area contributed by atoms with Crippen molar-refractivity contribution >= 4 is 10.9 Å². The van der Waals surface area contributed by atoms with E-state index >= 15 is 0 Å². The van der Waals surface area contributed by atoms with E-state index in [2.05, 4.69) is 24.0 Å². The molecule has 1 aromatic heterocycles. The number of aliphatic hydroxyl groups excluding tert-OH is 1. The zero-order chi connectivity index (χ0) is 12.4. The summed E-state index contributed by atoms with van der Waals surface area (Å²) in [4.78, 5) is 4.48. The fraction of sp³-hybridized carbons (Fsp3) is 0.357. The van der Waals surface area contributed by atoms with Crippen LogP contribution in [-0.4, -0.2) is 17.2 Å². The standard InChI is InChI=1S/C14H17NO2/c1-4-10-6-11-5-9(2)12(8-16)7-13(11)15-14(10)17-3/h5-7,16H,4,8H2,1-3H3. The molecule has 0 saturated heterocycles. The number of aromatic nitrogens is 1. The first-order chi connectivity index (χ1) is 8.19. The van der Waals surface area contributed by atoms with Crippen molar-refractivity contribution in [1.29, 1.82) is 0 Å². The van der Waals surface area contributed by atoms with Gasteiger partial charge in [0.25, 0.3) is 0 Å². The van der Waals surface area contributed by atoms with Gasteiger partial charge in [0, 0.05) is 10.9 Å². The van der Waals surface area contributed by atoms with E-state index in [9.17, 15) is 5.11 Å². The predicted octanol–water partition coefficient (Wildman–Crippen LogP) is 2.61. The van der Waals surface area contributed by atoms with Crippen LogP contribution in [0.15, 0.2) is 18.2 Å². The Kier molecular flexibility index (Phi) is 3.29. The summed E-state index contributed by atoms with van der Waals surface area (Å²) >= 11 is 0. The Balaban J connectivity index is 2.70. The van der Waals surface area contributed by atoms with Gasteiger partial charge in [-0.25, -0.2) is 4.98 Å². The van der Waals surface area contributed by atoms with Crippen molar-refractivity contribution in [2.45, 2.75) is 26.9 Å². The second-order valence-electron chi connectivity index (χ2n) is 4.14. The van der Waals surface area contributed by atoms with E-state index in [0.717, 1.165) is 34.0 Å². The van der Waals surface area contributed by atoms with Gasteiger partial charge in [-0.05, 0) is 42.7 Å². The molecule has 0 aliphatic carbocycles. The third kappa shape index (κ3) is 2.11. The fourth-order valence-electron chi connectivity index (χ4n) is 2.01. The lowest BCUT2D eigenvalue weighted by Crippen LogP contribution is -1.97. The van der Waals surface area contributed by atoms with E-state index in [1.165, 1.54) is 0 Å². The van der Waals surface area contributed by atoms with Crippen LogP contribution in [0.3, 0.4) is 0 Å². The molecule has 90 valence electrons. The summed E-state index contributed by atoms with van der Waals surface area (Å²) in [6, 6.07) is 6.09. The zero-order valence-corrected chi connectivity index (χ0v) is 10.4. The number of fused-ring (bicyclic) bond motifs is 1. The Morgan fingerprint density at radius 3 is 2.59 bits per heavy atom. The van der Waals surface area contributed by atoms with Gasteiger partial charge in [0.2, 0.25) is 5.88 Å². The van der Waals surface area contributed by atoms with Crippen LogP contribution in [0.4, 0.5) is 0 Å². The minimum absolute atomic E-state index is 0.0430. The molecule has 0 bridgehead atoms. The summed E-state index contributed by atoms with van der Waals surface area (Å²) < 4.78 is 5.27. The first-order valence-corrected chi connectivity index (χ1v) is 5.77. The molecule has 0 atom stereocenters. The van der Waals surface area contributed by atoms with Crippen LogP contribution in [0.2, 0.25) is 0 Å². The lowest BCUT2D eigenvalue weighted by Gasteiger charge is -2.10. The molecule has 0 aliphatic rings. The van der Waals surface area contributed by atoms with Crippen molar-refractivity contribution in [1.82, 2.24) is 4.98 Å². The summed E-state index contributed by atoms with van der Waals surface area (Å²) in [6.07, 6.45) is 0.896. The van der Waals surface area contributed by atoms with Crippen LogP contribution in [-0.2, 0) is 13.0 Å².